The van der Waals surface area contributed by atoms with Crippen LogP contribution in [0.3, 0.4) is 0 Å². The van der Waals surface area contributed by atoms with Crippen LogP contribution in [0.25, 0.3) is 10.4 Å². The number of benzene rings is 2. The predicted octanol–water partition coefficient (Wildman–Crippen LogP) is 5.14. The highest BCUT2D eigenvalue weighted by molar-refractivity contribution is 7.15. The van der Waals surface area contributed by atoms with Crippen LogP contribution in [-0.4, -0.2) is 72.5 Å². The normalized spacial score (nSPS) is 13.3. The summed E-state index contributed by atoms with van der Waals surface area (Å²) in [5.41, 5.74) is 2.50. The number of rotatable bonds is 15. The number of thiophene rings is 1. The largest absolute Gasteiger partial charge is 0.462 e. The number of Topliss-reactive ketones (excluding diaryl/α,β-unsaturated/α-hetero) is 1. The summed E-state index contributed by atoms with van der Waals surface area (Å²) in [6.45, 7) is 5.26. The highest BCUT2D eigenvalue weighted by atomic mass is 35.5. The van der Waals surface area contributed by atoms with Gasteiger partial charge in [0.25, 0.3) is 0 Å². The van der Waals surface area contributed by atoms with Crippen LogP contribution < -0.4 is 0 Å². The van der Waals surface area contributed by atoms with Crippen molar-refractivity contribution in [2.24, 2.45) is 0 Å². The van der Waals surface area contributed by atoms with Crippen LogP contribution in [0, 0.1) is 12.7 Å². The summed E-state index contributed by atoms with van der Waals surface area (Å²) in [6.07, 6.45) is -6.80. The van der Waals surface area contributed by atoms with Gasteiger partial charge in [0, 0.05) is 49.4 Å². The summed E-state index contributed by atoms with van der Waals surface area (Å²) in [5.74, 6) is -6.47. The Morgan fingerprint density at radius 1 is 0.771 bits per heavy atom. The van der Waals surface area contributed by atoms with E-state index < -0.39 is 72.5 Å². The summed E-state index contributed by atoms with van der Waals surface area (Å²) in [5, 5.41) is 0. The van der Waals surface area contributed by atoms with Crippen molar-refractivity contribution in [1.29, 1.82) is 0 Å². The van der Waals surface area contributed by atoms with Crippen LogP contribution in [0.15, 0.2) is 54.6 Å². The first-order valence-corrected chi connectivity index (χ1v) is 15.9. The average Bonchev–Trinajstić information content (AvgIpc) is 3.49. The zero-order valence-corrected chi connectivity index (χ0v) is 28.4. The minimum absolute atomic E-state index is 0.0604. The van der Waals surface area contributed by atoms with E-state index in [9.17, 15) is 33.2 Å². The minimum atomic E-state index is -1.91. The predicted molar refractivity (Wildman–Crippen MR) is 172 cm³/mol. The van der Waals surface area contributed by atoms with E-state index in [0.717, 1.165) is 54.1 Å². The second-order valence-corrected chi connectivity index (χ2v) is 12.0. The maximum Gasteiger partial charge on any atom is 0.321 e. The standard InChI is InChI=1S/C34H34ClFO11S/c1-18-6-7-24(14-25(18)15-27-12-13-29(48-27)23-8-10-26(36)11-9-23)31(42)33(45-21(4)39)34(46-22(5)40)32(44-20(3)38)28(17-43-19(2)37)47-30(41)16-35/h6-14,28,32-34H,15-17H2,1-5H3/t28-,32-,33+,34+/m1/s1. The molecule has 256 valence electrons. The Bertz CT molecular complexity index is 1650. The smallest absolute Gasteiger partial charge is 0.321 e. The molecule has 0 saturated carbocycles. The highest BCUT2D eigenvalue weighted by Crippen LogP contribution is 2.31. The van der Waals surface area contributed by atoms with E-state index in [1.807, 2.05) is 19.1 Å². The lowest BCUT2D eigenvalue weighted by Gasteiger charge is -2.34. The molecule has 0 fully saturated rings. The van der Waals surface area contributed by atoms with Gasteiger partial charge in [0.15, 0.2) is 18.3 Å². The highest BCUT2D eigenvalue weighted by Gasteiger charge is 2.47. The molecule has 11 nitrogen and oxygen atoms in total. The molecule has 0 amide bonds. The first-order valence-electron chi connectivity index (χ1n) is 14.6. The van der Waals surface area contributed by atoms with Gasteiger partial charge in [-0.3, -0.25) is 28.8 Å². The zero-order valence-electron chi connectivity index (χ0n) is 26.8. The van der Waals surface area contributed by atoms with Crippen molar-refractivity contribution in [3.05, 3.63) is 82.0 Å². The van der Waals surface area contributed by atoms with Gasteiger partial charge in [0.05, 0.1) is 0 Å². The molecule has 0 N–H and O–H groups in total. The third-order valence-electron chi connectivity index (χ3n) is 6.78. The van der Waals surface area contributed by atoms with Crippen molar-refractivity contribution in [1.82, 2.24) is 0 Å². The molecule has 2 aromatic carbocycles. The summed E-state index contributed by atoms with van der Waals surface area (Å²) in [7, 11) is 0. The minimum Gasteiger partial charge on any atom is -0.462 e. The van der Waals surface area contributed by atoms with Gasteiger partial charge in [0.1, 0.15) is 18.3 Å². The molecule has 4 atom stereocenters. The van der Waals surface area contributed by atoms with E-state index in [1.54, 1.807) is 24.3 Å². The molecule has 0 unspecified atom stereocenters. The van der Waals surface area contributed by atoms with Crippen molar-refractivity contribution in [3.63, 3.8) is 0 Å². The number of halogens is 2. The molecule has 3 rings (SSSR count). The van der Waals surface area contributed by atoms with Crippen LogP contribution in [0.1, 0.15) is 54.1 Å². The van der Waals surface area contributed by atoms with Crippen molar-refractivity contribution < 1.29 is 56.8 Å². The Kier molecular flexibility index (Phi) is 13.8. The maximum absolute atomic E-state index is 14.1. The lowest BCUT2D eigenvalue weighted by Crippen LogP contribution is -2.55. The quantitative estimate of drug-likeness (QED) is 0.0896. The van der Waals surface area contributed by atoms with Gasteiger partial charge in [-0.25, -0.2) is 4.39 Å². The number of hydrogen-bond donors (Lipinski definition) is 0. The van der Waals surface area contributed by atoms with Crippen LogP contribution in [0.2, 0.25) is 0 Å². The number of ether oxygens (including phenoxy) is 5. The molecule has 0 bridgehead atoms. The topological polar surface area (TPSA) is 149 Å². The fraction of sp³-hybridized carbons (Fsp3) is 0.353. The fourth-order valence-corrected chi connectivity index (χ4v) is 5.79. The first kappa shape index (κ1) is 37.8. The molecule has 0 aliphatic heterocycles. The van der Waals surface area contributed by atoms with Gasteiger partial charge in [-0.15, -0.1) is 22.9 Å². The van der Waals surface area contributed by atoms with Gasteiger partial charge in [-0.1, -0.05) is 24.3 Å². The van der Waals surface area contributed by atoms with E-state index in [-0.39, 0.29) is 11.4 Å². The van der Waals surface area contributed by atoms with Gasteiger partial charge >= 0.3 is 29.8 Å². The first-order chi connectivity index (χ1) is 22.7. The number of carbonyl (C=O) groups is 6. The molecule has 1 heterocycles. The molecule has 48 heavy (non-hydrogen) atoms. The number of carbonyl (C=O) groups excluding carboxylic acids is 6. The number of esters is 5. The number of ketones is 1. The van der Waals surface area contributed by atoms with E-state index in [1.165, 1.54) is 29.5 Å². The van der Waals surface area contributed by atoms with Crippen molar-refractivity contribution >= 4 is 58.6 Å². The Balaban J connectivity index is 2.04. The monoisotopic (exact) mass is 704 g/mol. The number of hydrogen-bond acceptors (Lipinski definition) is 12. The summed E-state index contributed by atoms with van der Waals surface area (Å²) in [4.78, 5) is 76.7. The van der Waals surface area contributed by atoms with E-state index in [0.29, 0.717) is 6.42 Å². The lowest BCUT2D eigenvalue weighted by molar-refractivity contribution is -0.198. The zero-order chi connectivity index (χ0) is 35.5. The second kappa shape index (κ2) is 17.5. The summed E-state index contributed by atoms with van der Waals surface area (Å²) < 4.78 is 39.9. The van der Waals surface area contributed by atoms with Crippen LogP contribution in [0.4, 0.5) is 4.39 Å². The number of aryl methyl sites for hydroxylation is 1. The molecule has 0 aliphatic carbocycles. The van der Waals surface area contributed by atoms with Crippen molar-refractivity contribution in [2.45, 2.75) is 65.5 Å². The molecule has 3 aromatic rings. The molecular weight excluding hydrogens is 671 g/mol. The van der Waals surface area contributed by atoms with Crippen LogP contribution in [-0.2, 0) is 54.1 Å². The van der Waals surface area contributed by atoms with Crippen molar-refractivity contribution in [2.75, 3.05) is 12.5 Å². The lowest BCUT2D eigenvalue weighted by atomic mass is 9.93. The molecular formula is C34H34ClFO11S. The van der Waals surface area contributed by atoms with Gasteiger partial charge in [-0.05, 0) is 53.9 Å². The third kappa shape index (κ3) is 11.0. The Morgan fingerprint density at radius 3 is 1.98 bits per heavy atom. The summed E-state index contributed by atoms with van der Waals surface area (Å²) in [6, 6.07) is 14.7. The molecule has 1 aromatic heterocycles. The van der Waals surface area contributed by atoms with E-state index >= 15 is 0 Å². The molecule has 0 aliphatic rings. The second-order valence-electron chi connectivity index (χ2n) is 10.6. The van der Waals surface area contributed by atoms with Crippen LogP contribution in [0.5, 0.6) is 0 Å². The summed E-state index contributed by atoms with van der Waals surface area (Å²) >= 11 is 7.10. The Morgan fingerprint density at radius 2 is 1.40 bits per heavy atom. The van der Waals surface area contributed by atoms with Crippen molar-refractivity contribution in [3.8, 4) is 10.4 Å². The molecule has 0 radical (unpaired) electrons. The Labute approximate surface area is 285 Å². The van der Waals surface area contributed by atoms with Gasteiger partial charge in [0.2, 0.25) is 11.9 Å². The van der Waals surface area contributed by atoms with E-state index in [4.69, 9.17) is 35.3 Å². The van der Waals surface area contributed by atoms with Crippen LogP contribution >= 0.6 is 22.9 Å². The maximum atomic E-state index is 14.1. The third-order valence-corrected chi connectivity index (χ3v) is 8.13. The number of alkyl halides is 1. The SMILES string of the molecule is CC(=O)OC[C@@H](OC(=O)CCl)[C@@H](OC(C)=O)[C@H](OC(C)=O)[C@@H](OC(C)=O)C(=O)c1ccc(C)c(Cc2ccc(-c3ccc(F)cc3)s2)c1. The average molecular weight is 705 g/mol. The van der Waals surface area contributed by atoms with Gasteiger partial charge < -0.3 is 23.7 Å². The van der Waals surface area contributed by atoms with Gasteiger partial charge in [-0.2, -0.15) is 0 Å². The molecule has 0 saturated heterocycles. The van der Waals surface area contributed by atoms with E-state index in [2.05, 4.69) is 0 Å². The Hall–Kier alpha value is -4.62. The molecule has 14 heteroatoms. The fourth-order valence-electron chi connectivity index (χ4n) is 4.69. The molecule has 0 spiro atoms.